The van der Waals surface area contributed by atoms with Crippen molar-refractivity contribution in [3.8, 4) is 0 Å². The molecule has 0 heterocycles. The SMILES string of the molecule is CC[C@H](CO)NC(=O)/C=C/c1cccc(Cl)c1. The summed E-state index contributed by atoms with van der Waals surface area (Å²) < 4.78 is 0. The first-order valence-electron chi connectivity index (χ1n) is 5.50. The van der Waals surface area contributed by atoms with Crippen LogP contribution in [-0.2, 0) is 4.79 Å². The summed E-state index contributed by atoms with van der Waals surface area (Å²) in [5.41, 5.74) is 0.865. The van der Waals surface area contributed by atoms with E-state index < -0.39 is 0 Å². The van der Waals surface area contributed by atoms with E-state index in [0.29, 0.717) is 11.4 Å². The van der Waals surface area contributed by atoms with Gasteiger partial charge in [-0.2, -0.15) is 0 Å². The summed E-state index contributed by atoms with van der Waals surface area (Å²) in [5, 5.41) is 12.3. The first kappa shape index (κ1) is 13.7. The van der Waals surface area contributed by atoms with Crippen LogP contribution in [0.3, 0.4) is 0 Å². The number of aliphatic hydroxyl groups excluding tert-OH is 1. The summed E-state index contributed by atoms with van der Waals surface area (Å²) in [6.07, 6.45) is 3.82. The highest BCUT2D eigenvalue weighted by molar-refractivity contribution is 6.30. The molecule has 92 valence electrons. The van der Waals surface area contributed by atoms with E-state index >= 15 is 0 Å². The molecule has 0 unspecified atom stereocenters. The van der Waals surface area contributed by atoms with Gasteiger partial charge in [0, 0.05) is 11.1 Å². The van der Waals surface area contributed by atoms with Gasteiger partial charge in [0.2, 0.25) is 5.91 Å². The second-order valence-electron chi connectivity index (χ2n) is 3.68. The maximum absolute atomic E-state index is 11.5. The Hall–Kier alpha value is -1.32. The molecule has 1 aromatic rings. The maximum atomic E-state index is 11.5. The monoisotopic (exact) mass is 253 g/mol. The van der Waals surface area contributed by atoms with Crippen LogP contribution in [0.4, 0.5) is 0 Å². The molecule has 0 spiro atoms. The smallest absolute Gasteiger partial charge is 0.244 e. The van der Waals surface area contributed by atoms with E-state index in [1.54, 1.807) is 18.2 Å². The molecule has 0 radical (unpaired) electrons. The van der Waals surface area contributed by atoms with Crippen molar-refractivity contribution in [2.75, 3.05) is 6.61 Å². The summed E-state index contributed by atoms with van der Waals surface area (Å²) in [6.45, 7) is 1.86. The minimum absolute atomic E-state index is 0.0484. The van der Waals surface area contributed by atoms with Crippen molar-refractivity contribution >= 4 is 23.6 Å². The van der Waals surface area contributed by atoms with E-state index in [4.69, 9.17) is 16.7 Å². The molecule has 1 rings (SSSR count). The second kappa shape index (κ2) is 7.09. The fourth-order valence-corrected chi connectivity index (χ4v) is 1.51. The molecule has 1 amide bonds. The standard InChI is InChI=1S/C13H16ClNO2/c1-2-12(9-16)15-13(17)7-6-10-4-3-5-11(14)8-10/h3-8,12,16H,2,9H2,1H3,(H,15,17)/b7-6+/t12-/m1/s1. The molecular formula is C13H16ClNO2. The molecule has 0 aliphatic rings. The normalized spacial score (nSPS) is 12.6. The van der Waals surface area contributed by atoms with Gasteiger partial charge in [-0.3, -0.25) is 4.79 Å². The van der Waals surface area contributed by atoms with Crippen LogP contribution in [-0.4, -0.2) is 23.7 Å². The Morgan fingerprint density at radius 3 is 2.94 bits per heavy atom. The molecule has 0 bridgehead atoms. The lowest BCUT2D eigenvalue weighted by atomic mass is 10.2. The van der Waals surface area contributed by atoms with Gasteiger partial charge in [-0.15, -0.1) is 0 Å². The number of hydrogen-bond acceptors (Lipinski definition) is 2. The van der Waals surface area contributed by atoms with Crippen molar-refractivity contribution in [2.45, 2.75) is 19.4 Å². The number of carbonyl (C=O) groups excluding carboxylic acids is 1. The number of hydrogen-bond donors (Lipinski definition) is 2. The van der Waals surface area contributed by atoms with Crippen LogP contribution >= 0.6 is 11.6 Å². The van der Waals surface area contributed by atoms with E-state index in [1.165, 1.54) is 6.08 Å². The first-order valence-corrected chi connectivity index (χ1v) is 5.88. The van der Waals surface area contributed by atoms with E-state index in [9.17, 15) is 4.79 Å². The van der Waals surface area contributed by atoms with Crippen LogP contribution in [0.2, 0.25) is 5.02 Å². The Labute approximate surface area is 106 Å². The Balaban J connectivity index is 2.56. The Morgan fingerprint density at radius 2 is 2.35 bits per heavy atom. The van der Waals surface area contributed by atoms with Crippen molar-refractivity contribution in [3.63, 3.8) is 0 Å². The van der Waals surface area contributed by atoms with E-state index in [-0.39, 0.29) is 18.6 Å². The maximum Gasteiger partial charge on any atom is 0.244 e. The zero-order valence-electron chi connectivity index (χ0n) is 9.69. The van der Waals surface area contributed by atoms with Gasteiger partial charge in [-0.1, -0.05) is 30.7 Å². The third-order valence-electron chi connectivity index (χ3n) is 2.34. The van der Waals surface area contributed by atoms with Crippen molar-refractivity contribution in [3.05, 3.63) is 40.9 Å². The van der Waals surface area contributed by atoms with Gasteiger partial charge in [0.15, 0.2) is 0 Å². The lowest BCUT2D eigenvalue weighted by molar-refractivity contribution is -0.117. The third-order valence-corrected chi connectivity index (χ3v) is 2.57. The zero-order valence-corrected chi connectivity index (χ0v) is 10.4. The molecule has 17 heavy (non-hydrogen) atoms. The average molecular weight is 254 g/mol. The van der Waals surface area contributed by atoms with Crippen LogP contribution < -0.4 is 5.32 Å². The number of rotatable bonds is 5. The minimum atomic E-state index is -0.217. The van der Waals surface area contributed by atoms with Crippen LogP contribution in [0.15, 0.2) is 30.3 Å². The lowest BCUT2D eigenvalue weighted by Gasteiger charge is -2.11. The van der Waals surface area contributed by atoms with Crippen LogP contribution in [0.25, 0.3) is 6.08 Å². The molecule has 0 aliphatic heterocycles. The summed E-state index contributed by atoms with van der Waals surface area (Å²) >= 11 is 5.82. The first-order chi connectivity index (χ1) is 8.15. The van der Waals surface area contributed by atoms with Gasteiger partial charge in [-0.05, 0) is 30.2 Å². The molecular weight excluding hydrogens is 238 g/mol. The average Bonchev–Trinajstić information content (AvgIpc) is 2.33. The summed E-state index contributed by atoms with van der Waals surface area (Å²) in [4.78, 5) is 11.5. The van der Waals surface area contributed by atoms with Gasteiger partial charge >= 0.3 is 0 Å². The number of halogens is 1. The molecule has 1 atom stereocenters. The molecule has 2 N–H and O–H groups in total. The van der Waals surface area contributed by atoms with Crippen molar-refractivity contribution in [1.29, 1.82) is 0 Å². The fraction of sp³-hybridized carbons (Fsp3) is 0.308. The molecule has 0 aromatic heterocycles. The van der Waals surface area contributed by atoms with Gasteiger partial charge in [0.1, 0.15) is 0 Å². The lowest BCUT2D eigenvalue weighted by Crippen LogP contribution is -2.35. The van der Waals surface area contributed by atoms with Gasteiger partial charge in [0.05, 0.1) is 12.6 Å². The second-order valence-corrected chi connectivity index (χ2v) is 4.12. The molecule has 4 heteroatoms. The van der Waals surface area contributed by atoms with Gasteiger partial charge in [-0.25, -0.2) is 0 Å². The third kappa shape index (κ3) is 5.02. The number of benzene rings is 1. The van der Waals surface area contributed by atoms with E-state index in [0.717, 1.165) is 5.56 Å². The number of nitrogens with one attached hydrogen (secondary N) is 1. The van der Waals surface area contributed by atoms with Crippen molar-refractivity contribution in [2.24, 2.45) is 0 Å². The van der Waals surface area contributed by atoms with Crippen molar-refractivity contribution < 1.29 is 9.90 Å². The predicted octanol–water partition coefficient (Wildman–Crippen LogP) is 2.24. The molecule has 3 nitrogen and oxygen atoms in total. The Bertz CT molecular complexity index is 400. The van der Waals surface area contributed by atoms with E-state index in [1.807, 2.05) is 19.1 Å². The van der Waals surface area contributed by atoms with Crippen LogP contribution in [0, 0.1) is 0 Å². The number of amides is 1. The molecule has 0 saturated heterocycles. The molecule has 1 aromatic carbocycles. The zero-order chi connectivity index (χ0) is 12.7. The summed E-state index contributed by atoms with van der Waals surface area (Å²) in [5.74, 6) is -0.217. The highest BCUT2D eigenvalue weighted by Gasteiger charge is 2.05. The van der Waals surface area contributed by atoms with Crippen LogP contribution in [0.1, 0.15) is 18.9 Å². The Kier molecular flexibility index (Phi) is 5.73. The Morgan fingerprint density at radius 1 is 1.59 bits per heavy atom. The predicted molar refractivity (Wildman–Crippen MR) is 69.8 cm³/mol. The van der Waals surface area contributed by atoms with Gasteiger partial charge < -0.3 is 10.4 Å². The molecule has 0 fully saturated rings. The molecule has 0 aliphatic carbocycles. The van der Waals surface area contributed by atoms with Crippen molar-refractivity contribution in [1.82, 2.24) is 5.32 Å². The number of carbonyl (C=O) groups is 1. The summed E-state index contributed by atoms with van der Waals surface area (Å²) in [6, 6.07) is 7.04. The highest BCUT2D eigenvalue weighted by Crippen LogP contribution is 2.11. The van der Waals surface area contributed by atoms with Gasteiger partial charge in [0.25, 0.3) is 0 Å². The topological polar surface area (TPSA) is 49.3 Å². The fourth-order valence-electron chi connectivity index (χ4n) is 1.31. The minimum Gasteiger partial charge on any atom is -0.394 e. The van der Waals surface area contributed by atoms with Crippen LogP contribution in [0.5, 0.6) is 0 Å². The van der Waals surface area contributed by atoms with E-state index in [2.05, 4.69) is 5.32 Å². The summed E-state index contributed by atoms with van der Waals surface area (Å²) in [7, 11) is 0. The quantitative estimate of drug-likeness (QED) is 0.791. The number of aliphatic hydroxyl groups is 1. The molecule has 0 saturated carbocycles. The highest BCUT2D eigenvalue weighted by atomic mass is 35.5. The largest absolute Gasteiger partial charge is 0.394 e.